The SMILES string of the molecule is C=C(C)C(=O)NC(CC)N(C)C.CCCS(=O)(=O)O. The van der Waals surface area contributed by atoms with Crippen LogP contribution in [0.25, 0.3) is 0 Å². The minimum Gasteiger partial charge on any atom is -0.337 e. The van der Waals surface area contributed by atoms with E-state index in [1.165, 1.54) is 0 Å². The van der Waals surface area contributed by atoms with Gasteiger partial charge in [0.2, 0.25) is 5.91 Å². The monoisotopic (exact) mass is 294 g/mol. The lowest BCUT2D eigenvalue weighted by Gasteiger charge is -2.23. The summed E-state index contributed by atoms with van der Waals surface area (Å²) in [6.45, 7) is 9.00. The summed E-state index contributed by atoms with van der Waals surface area (Å²) in [5.74, 6) is -0.206. The van der Waals surface area contributed by atoms with Gasteiger partial charge in [-0.15, -0.1) is 0 Å². The lowest BCUT2D eigenvalue weighted by Crippen LogP contribution is -2.44. The fourth-order valence-corrected chi connectivity index (χ4v) is 1.64. The van der Waals surface area contributed by atoms with Crippen LogP contribution in [0.2, 0.25) is 0 Å². The summed E-state index contributed by atoms with van der Waals surface area (Å²) < 4.78 is 27.6. The second-order valence-corrected chi connectivity index (χ2v) is 6.00. The van der Waals surface area contributed by atoms with Crippen LogP contribution >= 0.6 is 0 Å². The van der Waals surface area contributed by atoms with Gasteiger partial charge < -0.3 is 5.32 Å². The van der Waals surface area contributed by atoms with Crippen molar-refractivity contribution in [1.29, 1.82) is 0 Å². The Balaban J connectivity index is 0. The molecule has 0 rings (SSSR count). The van der Waals surface area contributed by atoms with E-state index in [0.29, 0.717) is 12.0 Å². The van der Waals surface area contributed by atoms with Gasteiger partial charge in [0.1, 0.15) is 0 Å². The molecule has 1 atom stereocenters. The number of hydrogen-bond acceptors (Lipinski definition) is 4. The maximum absolute atomic E-state index is 11.2. The van der Waals surface area contributed by atoms with Crippen molar-refractivity contribution in [3.63, 3.8) is 0 Å². The summed E-state index contributed by atoms with van der Waals surface area (Å²) in [4.78, 5) is 13.2. The molecule has 2 N–H and O–H groups in total. The van der Waals surface area contributed by atoms with E-state index >= 15 is 0 Å². The molecule has 1 unspecified atom stereocenters. The highest BCUT2D eigenvalue weighted by Gasteiger charge is 2.11. The van der Waals surface area contributed by atoms with Gasteiger partial charge in [-0.2, -0.15) is 8.42 Å². The molecule has 0 aliphatic carbocycles. The molecule has 7 heteroatoms. The van der Waals surface area contributed by atoms with Gasteiger partial charge in [-0.1, -0.05) is 20.4 Å². The van der Waals surface area contributed by atoms with Gasteiger partial charge in [-0.05, 0) is 33.9 Å². The lowest BCUT2D eigenvalue weighted by molar-refractivity contribution is -0.119. The van der Waals surface area contributed by atoms with Crippen LogP contribution in [0.1, 0.15) is 33.6 Å². The molecule has 6 nitrogen and oxygen atoms in total. The largest absolute Gasteiger partial charge is 0.337 e. The van der Waals surface area contributed by atoms with E-state index < -0.39 is 10.1 Å². The molecule has 0 radical (unpaired) electrons. The Morgan fingerprint density at radius 3 is 2.00 bits per heavy atom. The lowest BCUT2D eigenvalue weighted by atomic mass is 10.3. The van der Waals surface area contributed by atoms with E-state index in [2.05, 4.69) is 11.9 Å². The molecule has 0 aromatic carbocycles. The predicted octanol–water partition coefficient (Wildman–Crippen LogP) is 1.26. The molecule has 0 aromatic heterocycles. The van der Waals surface area contributed by atoms with Crippen LogP contribution in [-0.2, 0) is 14.9 Å². The summed E-state index contributed by atoms with van der Waals surface area (Å²) in [5, 5.41) is 2.85. The van der Waals surface area contributed by atoms with Gasteiger partial charge in [0.25, 0.3) is 10.1 Å². The Kier molecular flexibility index (Phi) is 10.7. The minimum absolute atomic E-state index is 0.0736. The second-order valence-electron chi connectivity index (χ2n) is 4.43. The maximum atomic E-state index is 11.2. The Morgan fingerprint density at radius 1 is 1.37 bits per heavy atom. The van der Waals surface area contributed by atoms with E-state index in [-0.39, 0.29) is 17.8 Å². The van der Waals surface area contributed by atoms with Crippen LogP contribution in [0.3, 0.4) is 0 Å². The smallest absolute Gasteiger partial charge is 0.264 e. The number of carbonyl (C=O) groups is 1. The minimum atomic E-state index is -3.67. The summed E-state index contributed by atoms with van der Waals surface area (Å²) in [5.41, 5.74) is 0.551. The number of carbonyl (C=O) groups excluding carboxylic acids is 1. The zero-order valence-corrected chi connectivity index (χ0v) is 13.2. The Labute approximate surface area is 116 Å². The average Bonchev–Trinajstić information content (AvgIpc) is 2.23. The number of nitrogens with zero attached hydrogens (tertiary/aromatic N) is 1. The third kappa shape index (κ3) is 13.3. The summed E-state index contributed by atoms with van der Waals surface area (Å²) >= 11 is 0. The first-order valence-electron chi connectivity index (χ1n) is 6.13. The van der Waals surface area contributed by atoms with Crippen LogP contribution in [-0.4, -0.2) is 49.8 Å². The Morgan fingerprint density at radius 2 is 1.84 bits per heavy atom. The summed E-state index contributed by atoms with van der Waals surface area (Å²) in [7, 11) is 0.201. The molecule has 1 amide bonds. The number of rotatable bonds is 6. The second kappa shape index (κ2) is 9.94. The molecule has 0 fully saturated rings. The molecular formula is C12H26N2O4S. The predicted molar refractivity (Wildman–Crippen MR) is 77.4 cm³/mol. The van der Waals surface area contributed by atoms with Gasteiger partial charge in [-0.3, -0.25) is 14.2 Å². The third-order valence-electron chi connectivity index (χ3n) is 2.16. The average molecular weight is 294 g/mol. The summed E-state index contributed by atoms with van der Waals surface area (Å²) in [6, 6.07) is 0. The van der Waals surface area contributed by atoms with E-state index in [9.17, 15) is 13.2 Å². The van der Waals surface area contributed by atoms with Crippen molar-refractivity contribution in [3.05, 3.63) is 12.2 Å². The molecule has 0 saturated carbocycles. The number of amides is 1. The molecule has 0 heterocycles. The van der Waals surface area contributed by atoms with Gasteiger partial charge in [-0.25, -0.2) is 0 Å². The zero-order chi connectivity index (χ0) is 15.6. The molecule has 114 valence electrons. The summed E-state index contributed by atoms with van der Waals surface area (Å²) in [6.07, 6.45) is 1.47. The molecule has 0 bridgehead atoms. The molecule has 0 saturated heterocycles. The van der Waals surface area contributed by atoms with Gasteiger partial charge in [0.15, 0.2) is 0 Å². The molecule has 0 aliphatic heterocycles. The van der Waals surface area contributed by atoms with Crippen LogP contribution in [0.4, 0.5) is 0 Å². The van der Waals surface area contributed by atoms with Gasteiger partial charge in [0.05, 0.1) is 11.9 Å². The van der Waals surface area contributed by atoms with Crippen molar-refractivity contribution in [2.45, 2.75) is 39.8 Å². The molecule has 0 spiro atoms. The van der Waals surface area contributed by atoms with Crippen LogP contribution in [0, 0.1) is 0 Å². The van der Waals surface area contributed by atoms with Crippen molar-refractivity contribution in [1.82, 2.24) is 10.2 Å². The van der Waals surface area contributed by atoms with Crippen molar-refractivity contribution in [3.8, 4) is 0 Å². The van der Waals surface area contributed by atoms with Crippen LogP contribution in [0.15, 0.2) is 12.2 Å². The molecule has 0 aliphatic rings. The highest BCUT2D eigenvalue weighted by atomic mass is 32.2. The fraction of sp³-hybridized carbons (Fsp3) is 0.750. The van der Waals surface area contributed by atoms with Crippen LogP contribution < -0.4 is 5.32 Å². The van der Waals surface area contributed by atoms with Crippen molar-refractivity contribution >= 4 is 16.0 Å². The topological polar surface area (TPSA) is 86.7 Å². The fourth-order valence-electron chi connectivity index (χ4n) is 1.13. The maximum Gasteiger partial charge on any atom is 0.264 e. The van der Waals surface area contributed by atoms with Gasteiger partial charge >= 0.3 is 0 Å². The quantitative estimate of drug-likeness (QED) is 0.437. The van der Waals surface area contributed by atoms with E-state index in [1.807, 2.05) is 25.9 Å². The Hall–Kier alpha value is -0.920. The van der Waals surface area contributed by atoms with E-state index in [1.54, 1.807) is 13.8 Å². The third-order valence-corrected chi connectivity index (χ3v) is 3.08. The van der Waals surface area contributed by atoms with Crippen LogP contribution in [0.5, 0.6) is 0 Å². The first-order valence-corrected chi connectivity index (χ1v) is 7.74. The normalized spacial score (nSPS) is 12.4. The number of hydrogen-bond donors (Lipinski definition) is 2. The molecule has 19 heavy (non-hydrogen) atoms. The Bertz CT molecular complexity index is 377. The van der Waals surface area contributed by atoms with E-state index in [0.717, 1.165) is 6.42 Å². The van der Waals surface area contributed by atoms with Crippen molar-refractivity contribution < 1.29 is 17.8 Å². The van der Waals surface area contributed by atoms with E-state index in [4.69, 9.17) is 4.55 Å². The molecule has 0 aromatic rings. The van der Waals surface area contributed by atoms with Gasteiger partial charge in [0, 0.05) is 5.57 Å². The first-order chi connectivity index (χ1) is 8.55. The first kappa shape index (κ1) is 20.4. The number of nitrogens with one attached hydrogen (secondary N) is 1. The highest BCUT2D eigenvalue weighted by molar-refractivity contribution is 7.85. The zero-order valence-electron chi connectivity index (χ0n) is 12.4. The standard InChI is InChI=1S/C9H18N2O.C3H8O3S/c1-6-8(11(4)5)10-9(12)7(2)3;1-2-3-7(4,5)6/h8H,2,6H2,1,3-5H3,(H,10,12);2-3H2,1H3,(H,4,5,6). The van der Waals surface area contributed by atoms with Crippen molar-refractivity contribution in [2.24, 2.45) is 0 Å². The molecular weight excluding hydrogens is 268 g/mol. The highest BCUT2D eigenvalue weighted by Crippen LogP contribution is 1.96. The van der Waals surface area contributed by atoms with Crippen molar-refractivity contribution in [2.75, 3.05) is 19.8 Å².